The van der Waals surface area contributed by atoms with Gasteiger partial charge in [-0.15, -0.1) is 0 Å². The standard InChI is InChI=1S/C10H8ClN3O2/c11-6-3-1-2-4-7(6)16-8-5-13-10(12)14-9(8)15/h1-5H,(H3,12,13,14,15). The number of aromatic amines is 1. The van der Waals surface area contributed by atoms with Crippen molar-refractivity contribution < 1.29 is 4.74 Å². The zero-order chi connectivity index (χ0) is 11.5. The highest BCUT2D eigenvalue weighted by molar-refractivity contribution is 6.32. The van der Waals surface area contributed by atoms with Gasteiger partial charge in [0.25, 0.3) is 5.56 Å². The summed E-state index contributed by atoms with van der Waals surface area (Å²) < 4.78 is 5.30. The lowest BCUT2D eigenvalue weighted by atomic mass is 10.3. The number of para-hydroxylation sites is 1. The zero-order valence-corrected chi connectivity index (χ0v) is 8.86. The molecule has 0 saturated carbocycles. The van der Waals surface area contributed by atoms with Crippen molar-refractivity contribution in [3.05, 3.63) is 45.8 Å². The predicted molar refractivity (Wildman–Crippen MR) is 60.8 cm³/mol. The Balaban J connectivity index is 2.35. The van der Waals surface area contributed by atoms with Crippen LogP contribution in [0.25, 0.3) is 0 Å². The number of nitrogens with one attached hydrogen (secondary N) is 1. The number of benzene rings is 1. The van der Waals surface area contributed by atoms with Crippen LogP contribution in [-0.2, 0) is 0 Å². The average Bonchev–Trinajstić information content (AvgIpc) is 2.25. The second-order valence-electron chi connectivity index (χ2n) is 2.99. The first-order valence-corrected chi connectivity index (χ1v) is 4.82. The third kappa shape index (κ3) is 2.14. The minimum Gasteiger partial charge on any atom is -0.448 e. The molecule has 0 fully saturated rings. The molecule has 1 aromatic heterocycles. The Hall–Kier alpha value is -2.01. The number of aromatic nitrogens is 2. The van der Waals surface area contributed by atoms with Gasteiger partial charge in [0.1, 0.15) is 5.75 Å². The Morgan fingerprint density at radius 3 is 2.75 bits per heavy atom. The lowest BCUT2D eigenvalue weighted by molar-refractivity contribution is 0.472. The Morgan fingerprint density at radius 1 is 1.31 bits per heavy atom. The van der Waals surface area contributed by atoms with E-state index in [0.29, 0.717) is 10.8 Å². The summed E-state index contributed by atoms with van der Waals surface area (Å²) >= 11 is 5.88. The highest BCUT2D eigenvalue weighted by Crippen LogP contribution is 2.26. The third-order valence-corrected chi connectivity index (χ3v) is 2.16. The molecule has 0 spiro atoms. The largest absolute Gasteiger partial charge is 0.448 e. The zero-order valence-electron chi connectivity index (χ0n) is 8.11. The molecule has 1 aromatic carbocycles. The highest BCUT2D eigenvalue weighted by Gasteiger charge is 2.06. The van der Waals surface area contributed by atoms with Crippen LogP contribution < -0.4 is 16.0 Å². The average molecular weight is 238 g/mol. The van der Waals surface area contributed by atoms with E-state index in [0.717, 1.165) is 0 Å². The summed E-state index contributed by atoms with van der Waals surface area (Å²) in [6.45, 7) is 0. The molecule has 0 aliphatic carbocycles. The fourth-order valence-corrected chi connectivity index (χ4v) is 1.29. The summed E-state index contributed by atoms with van der Waals surface area (Å²) in [6, 6.07) is 6.83. The van der Waals surface area contributed by atoms with Crippen LogP contribution in [0.4, 0.5) is 5.95 Å². The molecule has 16 heavy (non-hydrogen) atoms. The first-order valence-electron chi connectivity index (χ1n) is 4.44. The van der Waals surface area contributed by atoms with Crippen molar-refractivity contribution in [2.75, 3.05) is 5.73 Å². The maximum absolute atomic E-state index is 11.4. The topological polar surface area (TPSA) is 81.0 Å². The van der Waals surface area contributed by atoms with Crippen molar-refractivity contribution in [2.24, 2.45) is 0 Å². The monoisotopic (exact) mass is 237 g/mol. The van der Waals surface area contributed by atoms with Crippen molar-refractivity contribution >= 4 is 17.5 Å². The van der Waals surface area contributed by atoms with Crippen molar-refractivity contribution in [1.82, 2.24) is 9.97 Å². The molecule has 0 aliphatic rings. The molecule has 3 N–H and O–H groups in total. The third-order valence-electron chi connectivity index (χ3n) is 1.84. The smallest absolute Gasteiger partial charge is 0.295 e. The van der Waals surface area contributed by atoms with Gasteiger partial charge in [-0.25, -0.2) is 4.98 Å². The van der Waals surface area contributed by atoms with Crippen molar-refractivity contribution in [3.63, 3.8) is 0 Å². The fraction of sp³-hybridized carbons (Fsp3) is 0. The van der Waals surface area contributed by atoms with E-state index < -0.39 is 5.56 Å². The maximum atomic E-state index is 11.4. The Morgan fingerprint density at radius 2 is 2.06 bits per heavy atom. The van der Waals surface area contributed by atoms with E-state index in [9.17, 15) is 4.79 Å². The number of hydrogen-bond donors (Lipinski definition) is 2. The molecule has 0 bridgehead atoms. The van der Waals surface area contributed by atoms with E-state index >= 15 is 0 Å². The second-order valence-corrected chi connectivity index (χ2v) is 3.40. The number of halogens is 1. The van der Waals surface area contributed by atoms with Crippen LogP contribution in [0.3, 0.4) is 0 Å². The van der Waals surface area contributed by atoms with E-state index in [-0.39, 0.29) is 11.7 Å². The van der Waals surface area contributed by atoms with Crippen LogP contribution >= 0.6 is 11.6 Å². The molecule has 0 amide bonds. The number of nitrogens with zero attached hydrogens (tertiary/aromatic N) is 1. The number of nitrogens with two attached hydrogens (primary N) is 1. The van der Waals surface area contributed by atoms with Crippen LogP contribution in [0.1, 0.15) is 0 Å². The van der Waals surface area contributed by atoms with Gasteiger partial charge >= 0.3 is 0 Å². The van der Waals surface area contributed by atoms with E-state index in [1.807, 2.05) is 0 Å². The summed E-state index contributed by atoms with van der Waals surface area (Å²) in [5.74, 6) is 0.472. The number of hydrogen-bond acceptors (Lipinski definition) is 4. The molecular formula is C10H8ClN3O2. The van der Waals surface area contributed by atoms with Crippen LogP contribution in [0.2, 0.25) is 5.02 Å². The van der Waals surface area contributed by atoms with E-state index in [2.05, 4.69) is 9.97 Å². The molecule has 0 aliphatic heterocycles. The maximum Gasteiger partial charge on any atom is 0.295 e. The minimum absolute atomic E-state index is 0.0384. The summed E-state index contributed by atoms with van der Waals surface area (Å²) in [5, 5.41) is 0.415. The van der Waals surface area contributed by atoms with Gasteiger partial charge in [0.05, 0.1) is 11.2 Å². The predicted octanol–water partition coefficient (Wildman–Crippen LogP) is 1.80. The van der Waals surface area contributed by atoms with Gasteiger partial charge < -0.3 is 10.5 Å². The van der Waals surface area contributed by atoms with Gasteiger partial charge in [-0.3, -0.25) is 9.78 Å². The fourth-order valence-electron chi connectivity index (χ4n) is 1.12. The molecule has 1 heterocycles. The van der Waals surface area contributed by atoms with Gasteiger partial charge in [0.15, 0.2) is 5.95 Å². The number of anilines is 1. The lowest BCUT2D eigenvalue weighted by Crippen LogP contribution is -2.12. The SMILES string of the molecule is Nc1ncc(Oc2ccccc2Cl)c(=O)[nH]1. The van der Waals surface area contributed by atoms with Crippen molar-refractivity contribution in [2.45, 2.75) is 0 Å². The summed E-state index contributed by atoms with van der Waals surface area (Å²) in [7, 11) is 0. The Bertz CT molecular complexity index is 568. The Kier molecular flexibility index (Phi) is 2.78. The van der Waals surface area contributed by atoms with Crippen molar-refractivity contribution in [3.8, 4) is 11.5 Å². The van der Waals surface area contributed by atoms with Gasteiger partial charge in [-0.05, 0) is 12.1 Å². The second kappa shape index (κ2) is 4.24. The number of nitrogen functional groups attached to an aromatic ring is 1. The summed E-state index contributed by atoms with van der Waals surface area (Å²) in [5.41, 5.74) is 4.85. The quantitative estimate of drug-likeness (QED) is 0.835. The molecule has 2 aromatic rings. The van der Waals surface area contributed by atoms with E-state index in [4.69, 9.17) is 22.1 Å². The number of rotatable bonds is 2. The summed E-state index contributed by atoms with van der Waals surface area (Å²) in [6.07, 6.45) is 1.25. The number of ether oxygens (including phenoxy) is 1. The van der Waals surface area contributed by atoms with Crippen LogP contribution in [0.15, 0.2) is 35.3 Å². The number of H-pyrrole nitrogens is 1. The Labute approximate surface area is 95.8 Å². The summed E-state index contributed by atoms with van der Waals surface area (Å²) in [4.78, 5) is 17.5. The first-order chi connectivity index (χ1) is 7.66. The van der Waals surface area contributed by atoms with Crippen molar-refractivity contribution in [1.29, 1.82) is 0 Å². The van der Waals surface area contributed by atoms with E-state index in [1.165, 1.54) is 6.20 Å². The van der Waals surface area contributed by atoms with Gasteiger partial charge in [0.2, 0.25) is 5.75 Å². The lowest BCUT2D eigenvalue weighted by Gasteiger charge is -2.05. The van der Waals surface area contributed by atoms with Crippen LogP contribution in [-0.4, -0.2) is 9.97 Å². The minimum atomic E-state index is -0.451. The van der Waals surface area contributed by atoms with Gasteiger partial charge in [-0.1, -0.05) is 23.7 Å². The molecule has 2 rings (SSSR count). The molecule has 0 atom stereocenters. The molecular weight excluding hydrogens is 230 g/mol. The van der Waals surface area contributed by atoms with Gasteiger partial charge in [-0.2, -0.15) is 0 Å². The van der Waals surface area contributed by atoms with Crippen LogP contribution in [0, 0.1) is 0 Å². The van der Waals surface area contributed by atoms with Gasteiger partial charge in [0, 0.05) is 0 Å². The normalized spacial score (nSPS) is 10.1. The molecule has 0 radical (unpaired) electrons. The molecule has 82 valence electrons. The molecule has 0 saturated heterocycles. The highest BCUT2D eigenvalue weighted by atomic mass is 35.5. The molecule has 6 heteroatoms. The van der Waals surface area contributed by atoms with E-state index in [1.54, 1.807) is 24.3 Å². The first kappa shape index (κ1) is 10.5. The molecule has 5 nitrogen and oxygen atoms in total. The van der Waals surface area contributed by atoms with Crippen LogP contribution in [0.5, 0.6) is 11.5 Å². The molecule has 0 unspecified atom stereocenters.